The van der Waals surface area contributed by atoms with Gasteiger partial charge in [-0.2, -0.15) is 0 Å². The van der Waals surface area contributed by atoms with Crippen molar-refractivity contribution < 1.29 is 4.79 Å². The lowest BCUT2D eigenvalue weighted by Gasteiger charge is -2.35. The molecule has 3 heteroatoms. The highest BCUT2D eigenvalue weighted by Gasteiger charge is 2.33. The van der Waals surface area contributed by atoms with E-state index in [1.54, 1.807) is 0 Å². The number of nitrogens with zero attached hydrogens (tertiary/aromatic N) is 1. The first-order chi connectivity index (χ1) is 15.1. The molecule has 4 aromatic carbocycles. The van der Waals surface area contributed by atoms with Crippen molar-refractivity contribution in [1.29, 1.82) is 0 Å². The second kappa shape index (κ2) is 8.20. The normalized spacial score (nSPS) is 15.9. The smallest absolute Gasteiger partial charge is 0.228 e. The average Bonchev–Trinajstić information content (AvgIpc) is 2.81. The summed E-state index contributed by atoms with van der Waals surface area (Å²) in [4.78, 5) is 15.3. The van der Waals surface area contributed by atoms with Gasteiger partial charge < -0.3 is 4.90 Å². The van der Waals surface area contributed by atoms with Gasteiger partial charge in [0, 0.05) is 23.0 Å². The molecule has 31 heavy (non-hydrogen) atoms. The average molecular weight is 426 g/mol. The summed E-state index contributed by atoms with van der Waals surface area (Å²) < 4.78 is 0. The number of carbonyl (C=O) groups excluding carboxylic acids is 1. The Balaban J connectivity index is 1.64. The van der Waals surface area contributed by atoms with Crippen LogP contribution in [0.4, 0.5) is 5.69 Å². The second-order valence-corrected chi connectivity index (χ2v) is 8.61. The Labute approximate surface area is 188 Å². The molecule has 0 aromatic heterocycles. The zero-order valence-electron chi connectivity index (χ0n) is 17.5. The minimum Gasteiger partial charge on any atom is -0.308 e. The number of hydrogen-bond acceptors (Lipinski definition) is 1. The van der Waals surface area contributed by atoms with Crippen molar-refractivity contribution in [2.24, 2.45) is 0 Å². The highest BCUT2D eigenvalue weighted by Crippen LogP contribution is 2.44. The fraction of sp³-hybridized carbons (Fsp3) is 0.179. The van der Waals surface area contributed by atoms with Gasteiger partial charge in [-0.25, -0.2) is 0 Å². The number of halogens is 1. The van der Waals surface area contributed by atoms with Crippen LogP contribution < -0.4 is 4.90 Å². The molecule has 0 saturated carbocycles. The van der Waals surface area contributed by atoms with Crippen LogP contribution >= 0.6 is 11.6 Å². The van der Waals surface area contributed by atoms with Gasteiger partial charge in [0.05, 0.1) is 6.54 Å². The molecule has 0 aliphatic carbocycles. The Morgan fingerprint density at radius 3 is 2.32 bits per heavy atom. The Morgan fingerprint density at radius 2 is 1.58 bits per heavy atom. The van der Waals surface area contributed by atoms with Crippen LogP contribution in [0.2, 0.25) is 5.02 Å². The quantitative estimate of drug-likeness (QED) is 0.340. The van der Waals surface area contributed by atoms with E-state index in [0.29, 0.717) is 18.0 Å². The maximum Gasteiger partial charge on any atom is 0.228 e. The van der Waals surface area contributed by atoms with Crippen molar-refractivity contribution in [3.8, 4) is 0 Å². The lowest BCUT2D eigenvalue weighted by molar-refractivity contribution is -0.119. The van der Waals surface area contributed by atoms with Gasteiger partial charge in [-0.15, -0.1) is 0 Å². The van der Waals surface area contributed by atoms with Gasteiger partial charge in [0.25, 0.3) is 0 Å². The molecule has 0 N–H and O–H groups in total. The monoisotopic (exact) mass is 425 g/mol. The number of hydrogen-bond donors (Lipinski definition) is 0. The third-order valence-corrected chi connectivity index (χ3v) is 6.56. The SMILES string of the molecule is CCc1ccc(C2CC(=O)N(Cc3ccc(Cl)cc3)c3ccc4ccccc4c32)cc1. The van der Waals surface area contributed by atoms with E-state index < -0.39 is 0 Å². The first-order valence-electron chi connectivity index (χ1n) is 10.8. The minimum absolute atomic E-state index is 0.0565. The fourth-order valence-electron chi connectivity index (χ4n) is 4.62. The van der Waals surface area contributed by atoms with Crippen LogP contribution in [0, 0.1) is 0 Å². The van der Waals surface area contributed by atoms with Gasteiger partial charge in [0.1, 0.15) is 0 Å². The van der Waals surface area contributed by atoms with Crippen LogP contribution in [0.5, 0.6) is 0 Å². The van der Waals surface area contributed by atoms with E-state index in [2.05, 4.69) is 67.6 Å². The number of fused-ring (bicyclic) bond motifs is 3. The molecule has 4 aromatic rings. The number of rotatable bonds is 4. The predicted molar refractivity (Wildman–Crippen MR) is 129 cm³/mol. The molecule has 0 bridgehead atoms. The van der Waals surface area contributed by atoms with E-state index in [1.807, 2.05) is 29.2 Å². The van der Waals surface area contributed by atoms with Gasteiger partial charge in [-0.1, -0.05) is 85.3 Å². The van der Waals surface area contributed by atoms with E-state index in [9.17, 15) is 4.79 Å². The lowest BCUT2D eigenvalue weighted by Crippen LogP contribution is -2.36. The molecular formula is C28H24ClNO. The van der Waals surface area contributed by atoms with Crippen molar-refractivity contribution in [2.45, 2.75) is 32.2 Å². The highest BCUT2D eigenvalue weighted by atomic mass is 35.5. The third-order valence-electron chi connectivity index (χ3n) is 6.31. The Hall–Kier alpha value is -3.10. The summed E-state index contributed by atoms with van der Waals surface area (Å²) in [5, 5.41) is 3.13. The van der Waals surface area contributed by atoms with E-state index in [-0.39, 0.29) is 11.8 Å². The molecule has 0 saturated heterocycles. The Kier molecular flexibility index (Phi) is 5.25. The molecular weight excluding hydrogens is 402 g/mol. The molecule has 1 unspecified atom stereocenters. The second-order valence-electron chi connectivity index (χ2n) is 8.18. The number of amides is 1. The molecule has 0 radical (unpaired) electrons. The Bertz CT molecular complexity index is 1240. The van der Waals surface area contributed by atoms with Crippen LogP contribution in [-0.4, -0.2) is 5.91 Å². The summed E-state index contributed by atoms with van der Waals surface area (Å²) in [5.41, 5.74) is 5.84. The van der Waals surface area contributed by atoms with Crippen LogP contribution in [0.3, 0.4) is 0 Å². The maximum atomic E-state index is 13.4. The molecule has 1 amide bonds. The number of anilines is 1. The van der Waals surface area contributed by atoms with E-state index in [4.69, 9.17) is 11.6 Å². The van der Waals surface area contributed by atoms with Crippen LogP contribution in [0.1, 0.15) is 41.5 Å². The van der Waals surface area contributed by atoms with Crippen LogP contribution in [0.25, 0.3) is 10.8 Å². The molecule has 1 aliphatic heterocycles. The van der Waals surface area contributed by atoms with Crippen LogP contribution in [-0.2, 0) is 17.8 Å². The number of benzene rings is 4. The summed E-state index contributed by atoms with van der Waals surface area (Å²) in [6.07, 6.45) is 1.48. The first kappa shape index (κ1) is 19.8. The van der Waals surface area contributed by atoms with E-state index in [1.165, 1.54) is 27.5 Å². The molecule has 2 nitrogen and oxygen atoms in total. The first-order valence-corrected chi connectivity index (χ1v) is 11.2. The van der Waals surface area contributed by atoms with Crippen molar-refractivity contribution >= 4 is 34.0 Å². The standard InChI is InChI=1S/C28H24ClNO/c1-2-19-7-11-22(12-8-19)25-17-27(31)30(18-20-9-14-23(29)15-10-20)26-16-13-21-5-3-4-6-24(21)28(25)26/h3-16,25H,2,17-18H2,1H3. The van der Waals surface area contributed by atoms with Gasteiger partial charge in [-0.3, -0.25) is 4.79 Å². The van der Waals surface area contributed by atoms with E-state index >= 15 is 0 Å². The van der Waals surface area contributed by atoms with Crippen LogP contribution in [0.15, 0.2) is 84.9 Å². The summed E-state index contributed by atoms with van der Waals surface area (Å²) in [5.74, 6) is 0.211. The van der Waals surface area contributed by atoms with Gasteiger partial charge in [0.15, 0.2) is 0 Å². The topological polar surface area (TPSA) is 20.3 Å². The number of carbonyl (C=O) groups is 1. The van der Waals surface area contributed by atoms with Gasteiger partial charge >= 0.3 is 0 Å². The minimum atomic E-state index is 0.0565. The van der Waals surface area contributed by atoms with Crippen molar-refractivity contribution in [2.75, 3.05) is 4.90 Å². The summed E-state index contributed by atoms with van der Waals surface area (Å²) >= 11 is 6.06. The van der Waals surface area contributed by atoms with Crippen molar-refractivity contribution in [3.63, 3.8) is 0 Å². The zero-order chi connectivity index (χ0) is 21.4. The maximum absolute atomic E-state index is 13.4. The largest absolute Gasteiger partial charge is 0.308 e. The van der Waals surface area contributed by atoms with Crippen molar-refractivity contribution in [3.05, 3.63) is 112 Å². The molecule has 0 spiro atoms. The Morgan fingerprint density at radius 1 is 0.871 bits per heavy atom. The molecule has 1 atom stereocenters. The molecule has 1 heterocycles. The summed E-state index contributed by atoms with van der Waals surface area (Å²) in [6.45, 7) is 2.71. The molecule has 0 fully saturated rings. The highest BCUT2D eigenvalue weighted by molar-refractivity contribution is 6.30. The molecule has 5 rings (SSSR count). The molecule has 154 valence electrons. The van der Waals surface area contributed by atoms with Gasteiger partial charge in [0.2, 0.25) is 5.91 Å². The fourth-order valence-corrected chi connectivity index (χ4v) is 4.75. The number of aryl methyl sites for hydroxylation is 1. The summed E-state index contributed by atoms with van der Waals surface area (Å²) in [6, 6.07) is 29.2. The van der Waals surface area contributed by atoms with Crippen molar-refractivity contribution in [1.82, 2.24) is 0 Å². The zero-order valence-corrected chi connectivity index (χ0v) is 18.3. The summed E-state index contributed by atoms with van der Waals surface area (Å²) in [7, 11) is 0. The molecule has 1 aliphatic rings. The van der Waals surface area contributed by atoms with E-state index in [0.717, 1.165) is 17.7 Å². The third kappa shape index (κ3) is 3.73. The predicted octanol–water partition coefficient (Wildman–Crippen LogP) is 7.12. The van der Waals surface area contributed by atoms with Gasteiger partial charge in [-0.05, 0) is 57.6 Å². The lowest BCUT2D eigenvalue weighted by atomic mass is 9.81.